The van der Waals surface area contributed by atoms with Gasteiger partial charge in [-0.2, -0.15) is 13.2 Å². The van der Waals surface area contributed by atoms with Crippen LogP contribution < -0.4 is 0 Å². The van der Waals surface area contributed by atoms with Gasteiger partial charge in [-0.25, -0.2) is 0 Å². The third-order valence-corrected chi connectivity index (χ3v) is 4.27. The van der Waals surface area contributed by atoms with E-state index in [9.17, 15) is 13.2 Å². The highest BCUT2D eigenvalue weighted by molar-refractivity contribution is 5.34. The number of benzene rings is 1. The second kappa shape index (κ2) is 6.56. The standard InChI is InChI=1S/C16H21F3N2O/c17-16(18,19)12-21-4-3-14-9-13(1-2-15(14)11-21)10-20-5-7-22-8-6-20/h1-2,9H,3-8,10-12H2. The lowest BCUT2D eigenvalue weighted by atomic mass is 9.97. The molecule has 22 heavy (non-hydrogen) atoms. The van der Waals surface area contributed by atoms with E-state index in [-0.39, 0.29) is 0 Å². The maximum absolute atomic E-state index is 12.5. The maximum Gasteiger partial charge on any atom is 0.401 e. The van der Waals surface area contributed by atoms with Gasteiger partial charge in [-0.3, -0.25) is 9.80 Å². The van der Waals surface area contributed by atoms with Gasteiger partial charge in [0.15, 0.2) is 0 Å². The Labute approximate surface area is 128 Å². The first-order valence-corrected chi connectivity index (χ1v) is 7.69. The number of halogens is 3. The van der Waals surface area contributed by atoms with Crippen LogP contribution in [0.15, 0.2) is 18.2 Å². The van der Waals surface area contributed by atoms with Gasteiger partial charge in [0.05, 0.1) is 19.8 Å². The van der Waals surface area contributed by atoms with Gasteiger partial charge < -0.3 is 4.74 Å². The molecule has 0 amide bonds. The zero-order valence-corrected chi connectivity index (χ0v) is 12.5. The lowest BCUT2D eigenvalue weighted by molar-refractivity contribution is -0.147. The van der Waals surface area contributed by atoms with Crippen molar-refractivity contribution in [1.29, 1.82) is 0 Å². The third kappa shape index (κ3) is 4.21. The number of hydrogen-bond donors (Lipinski definition) is 0. The minimum atomic E-state index is -4.12. The van der Waals surface area contributed by atoms with E-state index in [4.69, 9.17) is 4.74 Å². The molecule has 0 aromatic heterocycles. The predicted molar refractivity (Wildman–Crippen MR) is 77.6 cm³/mol. The van der Waals surface area contributed by atoms with E-state index in [1.807, 2.05) is 12.1 Å². The fraction of sp³-hybridized carbons (Fsp3) is 0.625. The molecular formula is C16H21F3N2O. The fourth-order valence-electron chi connectivity index (χ4n) is 3.17. The number of hydrogen-bond acceptors (Lipinski definition) is 3. The van der Waals surface area contributed by atoms with Gasteiger partial charge in [0, 0.05) is 32.7 Å². The zero-order valence-electron chi connectivity index (χ0n) is 12.5. The van der Waals surface area contributed by atoms with Crippen molar-refractivity contribution in [2.75, 3.05) is 39.4 Å². The molecule has 2 aliphatic heterocycles. The van der Waals surface area contributed by atoms with E-state index < -0.39 is 12.7 Å². The minimum absolute atomic E-state index is 0.396. The van der Waals surface area contributed by atoms with Crippen molar-refractivity contribution in [3.05, 3.63) is 34.9 Å². The maximum atomic E-state index is 12.5. The number of nitrogens with zero attached hydrogens (tertiary/aromatic N) is 2. The van der Waals surface area contributed by atoms with Crippen LogP contribution in [0.1, 0.15) is 16.7 Å². The van der Waals surface area contributed by atoms with E-state index in [0.29, 0.717) is 19.5 Å². The number of ether oxygens (including phenoxy) is 1. The normalized spacial score (nSPS) is 20.9. The van der Waals surface area contributed by atoms with Gasteiger partial charge in [0.25, 0.3) is 0 Å². The molecule has 0 saturated carbocycles. The average molecular weight is 314 g/mol. The highest BCUT2D eigenvalue weighted by Gasteiger charge is 2.32. The second-order valence-electron chi connectivity index (χ2n) is 6.07. The SMILES string of the molecule is FC(F)(F)CN1CCc2cc(CN3CCOCC3)ccc2C1. The highest BCUT2D eigenvalue weighted by atomic mass is 19.4. The van der Waals surface area contributed by atoms with Crippen molar-refractivity contribution in [3.63, 3.8) is 0 Å². The first kappa shape index (κ1) is 15.8. The Morgan fingerprint density at radius 2 is 1.77 bits per heavy atom. The second-order valence-corrected chi connectivity index (χ2v) is 6.07. The van der Waals surface area contributed by atoms with Crippen LogP contribution in [-0.4, -0.2) is 55.4 Å². The summed E-state index contributed by atoms with van der Waals surface area (Å²) in [6.45, 7) is 4.38. The molecule has 3 rings (SSSR count). The molecule has 0 radical (unpaired) electrons. The summed E-state index contributed by atoms with van der Waals surface area (Å²) in [6.07, 6.45) is -3.42. The van der Waals surface area contributed by atoms with Gasteiger partial charge in [-0.1, -0.05) is 18.2 Å². The molecule has 1 aromatic rings. The van der Waals surface area contributed by atoms with Crippen LogP contribution in [0, 0.1) is 0 Å². The van der Waals surface area contributed by atoms with Gasteiger partial charge in [0.1, 0.15) is 0 Å². The van der Waals surface area contributed by atoms with Crippen molar-refractivity contribution in [2.45, 2.75) is 25.7 Å². The zero-order chi connectivity index (χ0) is 15.6. The van der Waals surface area contributed by atoms with E-state index in [2.05, 4.69) is 11.0 Å². The molecule has 0 atom stereocenters. The molecule has 3 nitrogen and oxygen atoms in total. The monoisotopic (exact) mass is 314 g/mol. The molecule has 0 aliphatic carbocycles. The summed E-state index contributed by atoms with van der Waals surface area (Å²) in [5.41, 5.74) is 3.47. The van der Waals surface area contributed by atoms with Crippen molar-refractivity contribution in [2.24, 2.45) is 0 Å². The number of rotatable bonds is 3. The molecule has 0 bridgehead atoms. The lowest BCUT2D eigenvalue weighted by Gasteiger charge is -2.30. The molecule has 2 heterocycles. The van der Waals surface area contributed by atoms with Gasteiger partial charge in [-0.05, 0) is 23.1 Å². The van der Waals surface area contributed by atoms with Crippen LogP contribution >= 0.6 is 0 Å². The summed E-state index contributed by atoms with van der Waals surface area (Å²) >= 11 is 0. The smallest absolute Gasteiger partial charge is 0.379 e. The molecular weight excluding hydrogens is 293 g/mol. The summed E-state index contributed by atoms with van der Waals surface area (Å²) in [5, 5.41) is 0. The topological polar surface area (TPSA) is 15.7 Å². The largest absolute Gasteiger partial charge is 0.401 e. The molecule has 2 aliphatic rings. The van der Waals surface area contributed by atoms with Crippen molar-refractivity contribution in [1.82, 2.24) is 9.80 Å². The van der Waals surface area contributed by atoms with E-state index in [1.165, 1.54) is 16.0 Å². The molecule has 6 heteroatoms. The van der Waals surface area contributed by atoms with Crippen LogP contribution in [-0.2, 0) is 24.2 Å². The molecule has 1 aromatic carbocycles. The predicted octanol–water partition coefficient (Wildman–Crippen LogP) is 2.44. The Bertz CT molecular complexity index is 513. The Balaban J connectivity index is 1.62. The number of morpholine rings is 1. The molecule has 122 valence electrons. The molecule has 1 saturated heterocycles. The quantitative estimate of drug-likeness (QED) is 0.852. The van der Waals surface area contributed by atoms with Crippen molar-refractivity contribution in [3.8, 4) is 0 Å². The van der Waals surface area contributed by atoms with E-state index >= 15 is 0 Å². The summed E-state index contributed by atoms with van der Waals surface area (Å²) in [5.74, 6) is 0. The minimum Gasteiger partial charge on any atom is -0.379 e. The van der Waals surface area contributed by atoms with Crippen LogP contribution in [0.4, 0.5) is 13.2 Å². The molecule has 0 N–H and O–H groups in total. The summed E-state index contributed by atoms with van der Waals surface area (Å²) in [4.78, 5) is 3.83. The number of fused-ring (bicyclic) bond motifs is 1. The number of alkyl halides is 3. The molecule has 0 unspecified atom stereocenters. The Morgan fingerprint density at radius 3 is 2.50 bits per heavy atom. The van der Waals surface area contributed by atoms with Crippen LogP contribution in [0.3, 0.4) is 0 Å². The molecule has 0 spiro atoms. The summed E-state index contributed by atoms with van der Waals surface area (Å²) in [7, 11) is 0. The van der Waals surface area contributed by atoms with Crippen LogP contribution in [0.25, 0.3) is 0 Å². The highest BCUT2D eigenvalue weighted by Crippen LogP contribution is 2.24. The summed E-state index contributed by atoms with van der Waals surface area (Å²) in [6, 6.07) is 6.20. The first-order chi connectivity index (χ1) is 10.5. The first-order valence-electron chi connectivity index (χ1n) is 7.69. The fourth-order valence-corrected chi connectivity index (χ4v) is 3.17. The third-order valence-electron chi connectivity index (χ3n) is 4.27. The van der Waals surface area contributed by atoms with Crippen molar-refractivity contribution >= 4 is 0 Å². The Kier molecular flexibility index (Phi) is 4.70. The summed E-state index contributed by atoms with van der Waals surface area (Å²) < 4.78 is 42.8. The van der Waals surface area contributed by atoms with Crippen LogP contribution in [0.2, 0.25) is 0 Å². The Morgan fingerprint density at radius 1 is 1.00 bits per heavy atom. The van der Waals surface area contributed by atoms with Crippen LogP contribution in [0.5, 0.6) is 0 Å². The Hall–Kier alpha value is -1.11. The lowest BCUT2D eigenvalue weighted by Crippen LogP contribution is -2.38. The van der Waals surface area contributed by atoms with Crippen molar-refractivity contribution < 1.29 is 17.9 Å². The van der Waals surface area contributed by atoms with Gasteiger partial charge in [-0.15, -0.1) is 0 Å². The molecule has 1 fully saturated rings. The van der Waals surface area contributed by atoms with Gasteiger partial charge in [0.2, 0.25) is 0 Å². The van der Waals surface area contributed by atoms with Gasteiger partial charge >= 0.3 is 6.18 Å². The van der Waals surface area contributed by atoms with E-state index in [0.717, 1.165) is 38.4 Å². The van der Waals surface area contributed by atoms with E-state index in [1.54, 1.807) is 0 Å². The average Bonchev–Trinajstić information content (AvgIpc) is 2.47.